The summed E-state index contributed by atoms with van der Waals surface area (Å²) in [5, 5.41) is 9.45. The van der Waals surface area contributed by atoms with Gasteiger partial charge in [-0.3, -0.25) is 4.79 Å². The molecule has 0 aromatic carbocycles. The molecule has 1 fully saturated rings. The molecule has 1 saturated carbocycles. The predicted octanol–water partition coefficient (Wildman–Crippen LogP) is 2.60. The van der Waals surface area contributed by atoms with Crippen molar-refractivity contribution in [3.8, 4) is 0 Å². The van der Waals surface area contributed by atoms with Gasteiger partial charge in [0.1, 0.15) is 0 Å². The van der Waals surface area contributed by atoms with Crippen molar-refractivity contribution < 1.29 is 9.90 Å². The number of aliphatic carboxylic acids is 1. The smallest absolute Gasteiger partial charge is 0.309 e. The van der Waals surface area contributed by atoms with Crippen molar-refractivity contribution in [1.82, 2.24) is 4.57 Å². The number of hydrogen-bond donors (Lipinski definition) is 1. The fraction of sp³-hybridized carbons (Fsp3) is 0.615. The molecule has 16 heavy (non-hydrogen) atoms. The first-order valence-corrected chi connectivity index (χ1v) is 5.97. The Morgan fingerprint density at radius 2 is 2.12 bits per heavy atom. The van der Waals surface area contributed by atoms with Gasteiger partial charge in [-0.05, 0) is 30.9 Å². The van der Waals surface area contributed by atoms with E-state index in [-0.39, 0.29) is 0 Å². The molecule has 0 saturated heterocycles. The average Bonchev–Trinajstić information content (AvgIpc) is 2.65. The third-order valence-corrected chi connectivity index (χ3v) is 3.70. The van der Waals surface area contributed by atoms with Gasteiger partial charge in [-0.25, -0.2) is 0 Å². The molecule has 0 radical (unpaired) electrons. The lowest BCUT2D eigenvalue weighted by atomic mass is 9.71. The lowest BCUT2D eigenvalue weighted by Crippen LogP contribution is -2.35. The topological polar surface area (TPSA) is 42.2 Å². The number of nitrogens with zero attached hydrogens (tertiary/aromatic N) is 1. The summed E-state index contributed by atoms with van der Waals surface area (Å²) in [7, 11) is 1.97. The van der Waals surface area contributed by atoms with Gasteiger partial charge in [0.2, 0.25) is 0 Å². The zero-order valence-electron chi connectivity index (χ0n) is 9.78. The molecule has 3 heteroatoms. The molecule has 1 aliphatic rings. The Morgan fingerprint density at radius 1 is 1.44 bits per heavy atom. The van der Waals surface area contributed by atoms with Crippen molar-refractivity contribution in [1.29, 1.82) is 0 Å². The van der Waals surface area contributed by atoms with E-state index in [2.05, 4.69) is 0 Å². The molecule has 0 aliphatic heterocycles. The molecule has 0 spiro atoms. The molecule has 1 aromatic rings. The van der Waals surface area contributed by atoms with Gasteiger partial charge in [-0.1, -0.05) is 19.3 Å². The molecule has 1 heterocycles. The second-order valence-corrected chi connectivity index (χ2v) is 5.01. The number of aryl methyl sites for hydroxylation is 1. The van der Waals surface area contributed by atoms with Gasteiger partial charge in [-0.15, -0.1) is 0 Å². The van der Waals surface area contributed by atoms with E-state index in [4.69, 9.17) is 0 Å². The highest BCUT2D eigenvalue weighted by atomic mass is 16.4. The van der Waals surface area contributed by atoms with E-state index in [1.54, 1.807) is 0 Å². The summed E-state index contributed by atoms with van der Waals surface area (Å²) in [5.41, 5.74) is 0.645. The van der Waals surface area contributed by atoms with Crippen LogP contribution in [-0.4, -0.2) is 15.6 Å². The van der Waals surface area contributed by atoms with E-state index in [1.807, 2.05) is 30.1 Å². The highest BCUT2D eigenvalue weighted by molar-refractivity contribution is 5.75. The van der Waals surface area contributed by atoms with E-state index < -0.39 is 11.4 Å². The maximum absolute atomic E-state index is 11.5. The highest BCUT2D eigenvalue weighted by Crippen LogP contribution is 2.39. The molecule has 0 unspecified atom stereocenters. The van der Waals surface area contributed by atoms with Gasteiger partial charge in [0, 0.05) is 19.4 Å². The first kappa shape index (κ1) is 11.2. The predicted molar refractivity (Wildman–Crippen MR) is 62.3 cm³/mol. The third-order valence-electron chi connectivity index (χ3n) is 3.70. The van der Waals surface area contributed by atoms with Crippen LogP contribution in [0.15, 0.2) is 18.5 Å². The van der Waals surface area contributed by atoms with Gasteiger partial charge < -0.3 is 9.67 Å². The summed E-state index contributed by atoms with van der Waals surface area (Å²) in [6, 6.07) is 2.03. The molecular weight excluding hydrogens is 202 g/mol. The Labute approximate surface area is 96.1 Å². The number of carboxylic acid groups (broad SMARTS) is 1. The van der Waals surface area contributed by atoms with Gasteiger partial charge in [0.05, 0.1) is 5.41 Å². The molecule has 3 nitrogen and oxygen atoms in total. The largest absolute Gasteiger partial charge is 0.481 e. The standard InChI is InChI=1S/C13H19NO2/c1-14-8-5-11(10-14)9-13(12(15)16)6-3-2-4-7-13/h5,8,10H,2-4,6-7,9H2,1H3,(H,15,16). The Balaban J connectivity index is 2.16. The van der Waals surface area contributed by atoms with Gasteiger partial charge in [0.15, 0.2) is 0 Å². The Morgan fingerprint density at radius 3 is 2.62 bits per heavy atom. The molecule has 1 N–H and O–H groups in total. The summed E-state index contributed by atoms with van der Waals surface area (Å²) in [6.45, 7) is 0. The van der Waals surface area contributed by atoms with Crippen LogP contribution in [0.3, 0.4) is 0 Å². The molecule has 2 rings (SSSR count). The monoisotopic (exact) mass is 221 g/mol. The number of carbonyl (C=O) groups is 1. The van der Waals surface area contributed by atoms with E-state index in [1.165, 1.54) is 6.42 Å². The van der Waals surface area contributed by atoms with E-state index in [0.29, 0.717) is 6.42 Å². The third kappa shape index (κ3) is 2.13. The highest BCUT2D eigenvalue weighted by Gasteiger charge is 2.39. The fourth-order valence-electron chi connectivity index (χ4n) is 2.75. The summed E-state index contributed by atoms with van der Waals surface area (Å²) in [5.74, 6) is -0.615. The number of aromatic nitrogens is 1. The molecule has 1 aromatic heterocycles. The second-order valence-electron chi connectivity index (χ2n) is 5.01. The van der Waals surface area contributed by atoms with Gasteiger partial charge >= 0.3 is 5.97 Å². The molecular formula is C13H19NO2. The number of hydrogen-bond acceptors (Lipinski definition) is 1. The quantitative estimate of drug-likeness (QED) is 0.852. The minimum Gasteiger partial charge on any atom is -0.481 e. The van der Waals surface area contributed by atoms with Crippen LogP contribution < -0.4 is 0 Å². The summed E-state index contributed by atoms with van der Waals surface area (Å²) >= 11 is 0. The molecule has 0 amide bonds. The number of carboxylic acids is 1. The Bertz CT molecular complexity index is 375. The molecule has 1 aliphatic carbocycles. The minimum atomic E-state index is -0.615. The molecule has 0 bridgehead atoms. The van der Waals surface area contributed by atoms with Gasteiger partial charge in [-0.2, -0.15) is 0 Å². The van der Waals surface area contributed by atoms with Crippen molar-refractivity contribution in [2.24, 2.45) is 12.5 Å². The zero-order valence-corrected chi connectivity index (χ0v) is 9.78. The Kier molecular flexibility index (Phi) is 3.03. The second kappa shape index (κ2) is 4.32. The van der Waals surface area contributed by atoms with Crippen molar-refractivity contribution in [3.05, 3.63) is 24.0 Å². The van der Waals surface area contributed by atoms with Crippen LogP contribution >= 0.6 is 0 Å². The van der Waals surface area contributed by atoms with Crippen LogP contribution in [0.2, 0.25) is 0 Å². The summed E-state index contributed by atoms with van der Waals surface area (Å²) in [4.78, 5) is 11.5. The van der Waals surface area contributed by atoms with E-state index in [9.17, 15) is 9.90 Å². The maximum Gasteiger partial charge on any atom is 0.309 e. The normalized spacial score (nSPS) is 19.6. The lowest BCUT2D eigenvalue weighted by Gasteiger charge is -2.32. The first-order valence-electron chi connectivity index (χ1n) is 5.97. The van der Waals surface area contributed by atoms with E-state index in [0.717, 1.165) is 31.2 Å². The van der Waals surface area contributed by atoms with Crippen LogP contribution in [0.5, 0.6) is 0 Å². The van der Waals surface area contributed by atoms with Crippen molar-refractivity contribution in [2.75, 3.05) is 0 Å². The summed E-state index contributed by atoms with van der Waals surface area (Å²) in [6.07, 6.45) is 9.65. The SMILES string of the molecule is Cn1ccc(CC2(C(=O)O)CCCCC2)c1. The van der Waals surface area contributed by atoms with Crippen molar-refractivity contribution in [3.63, 3.8) is 0 Å². The van der Waals surface area contributed by atoms with Crippen LogP contribution in [-0.2, 0) is 18.3 Å². The fourth-order valence-corrected chi connectivity index (χ4v) is 2.75. The lowest BCUT2D eigenvalue weighted by molar-refractivity contribution is -0.151. The molecule has 0 atom stereocenters. The average molecular weight is 221 g/mol. The number of rotatable bonds is 3. The maximum atomic E-state index is 11.5. The van der Waals surface area contributed by atoms with E-state index >= 15 is 0 Å². The molecule has 88 valence electrons. The summed E-state index contributed by atoms with van der Waals surface area (Å²) < 4.78 is 1.98. The Hall–Kier alpha value is -1.25. The van der Waals surface area contributed by atoms with Gasteiger partial charge in [0.25, 0.3) is 0 Å². The van der Waals surface area contributed by atoms with Crippen LogP contribution in [0.1, 0.15) is 37.7 Å². The minimum absolute atomic E-state index is 0.500. The van der Waals surface area contributed by atoms with Crippen molar-refractivity contribution >= 4 is 5.97 Å². The van der Waals surface area contributed by atoms with Crippen LogP contribution in [0, 0.1) is 5.41 Å². The van der Waals surface area contributed by atoms with Crippen LogP contribution in [0.4, 0.5) is 0 Å². The zero-order chi connectivity index (χ0) is 11.6. The van der Waals surface area contributed by atoms with Crippen molar-refractivity contribution in [2.45, 2.75) is 38.5 Å². The van der Waals surface area contributed by atoms with Crippen LogP contribution in [0.25, 0.3) is 0 Å². The first-order chi connectivity index (χ1) is 7.62.